The summed E-state index contributed by atoms with van der Waals surface area (Å²) in [6.07, 6.45) is 9.71. The van der Waals surface area contributed by atoms with Crippen molar-refractivity contribution in [1.82, 2.24) is 10.6 Å². The molecule has 6 heteroatoms. The number of ether oxygens (including phenoxy) is 2. The van der Waals surface area contributed by atoms with Crippen molar-refractivity contribution in [3.8, 4) is 0 Å². The minimum absolute atomic E-state index is 0. The van der Waals surface area contributed by atoms with Crippen LogP contribution in [0, 0.1) is 5.92 Å². The van der Waals surface area contributed by atoms with Crippen LogP contribution in [0.15, 0.2) is 4.99 Å². The molecule has 2 N–H and O–H groups in total. The van der Waals surface area contributed by atoms with Crippen LogP contribution in [0.5, 0.6) is 0 Å². The van der Waals surface area contributed by atoms with Crippen molar-refractivity contribution in [2.75, 3.05) is 40.5 Å². The first kappa shape index (κ1) is 22.9. The number of guanidine groups is 1. The Morgan fingerprint density at radius 1 is 1.17 bits per heavy atom. The van der Waals surface area contributed by atoms with Crippen molar-refractivity contribution >= 4 is 29.9 Å². The van der Waals surface area contributed by atoms with E-state index < -0.39 is 0 Å². The lowest BCUT2D eigenvalue weighted by molar-refractivity contribution is 0.0733. The molecule has 5 nitrogen and oxygen atoms in total. The Hall–Kier alpha value is -0.0800. The van der Waals surface area contributed by atoms with Crippen molar-refractivity contribution < 1.29 is 9.47 Å². The maximum absolute atomic E-state index is 5.43. The topological polar surface area (TPSA) is 54.9 Å². The van der Waals surface area contributed by atoms with Gasteiger partial charge in [0.2, 0.25) is 0 Å². The van der Waals surface area contributed by atoms with Gasteiger partial charge >= 0.3 is 0 Å². The standard InChI is InChI=1S/C17H35N3O2.HI/c1-15(9-10-16-7-5-4-6-8-16)20-17(18-2)19-11-12-22-14-13-21-3;/h15-16H,4-14H2,1-3H3,(H2,18,19,20);1H. The third kappa shape index (κ3) is 12.0. The van der Waals surface area contributed by atoms with Crippen LogP contribution in [0.1, 0.15) is 51.9 Å². The molecule has 1 saturated carbocycles. The molecule has 1 fully saturated rings. The summed E-state index contributed by atoms with van der Waals surface area (Å²) >= 11 is 0. The van der Waals surface area contributed by atoms with E-state index in [-0.39, 0.29) is 24.0 Å². The van der Waals surface area contributed by atoms with Gasteiger partial charge in [-0.2, -0.15) is 0 Å². The summed E-state index contributed by atoms with van der Waals surface area (Å²) in [6.45, 7) is 4.96. The van der Waals surface area contributed by atoms with Crippen molar-refractivity contribution in [3.05, 3.63) is 0 Å². The summed E-state index contributed by atoms with van der Waals surface area (Å²) in [6, 6.07) is 0.461. The molecule has 1 aliphatic rings. The number of nitrogens with zero attached hydrogens (tertiary/aromatic N) is 1. The SMILES string of the molecule is CN=C(NCCOCCOC)NC(C)CCC1CCCCC1.I. The lowest BCUT2D eigenvalue weighted by atomic mass is 9.85. The van der Waals surface area contributed by atoms with Crippen molar-refractivity contribution in [2.45, 2.75) is 57.9 Å². The lowest BCUT2D eigenvalue weighted by Gasteiger charge is -2.24. The molecular formula is C17H36IN3O2. The summed E-state index contributed by atoms with van der Waals surface area (Å²) in [7, 11) is 3.50. The van der Waals surface area contributed by atoms with E-state index in [4.69, 9.17) is 9.47 Å². The van der Waals surface area contributed by atoms with E-state index in [0.29, 0.717) is 25.9 Å². The van der Waals surface area contributed by atoms with Gasteiger partial charge in [0.1, 0.15) is 0 Å². The first-order valence-corrected chi connectivity index (χ1v) is 8.80. The van der Waals surface area contributed by atoms with Crippen LogP contribution in [0.2, 0.25) is 0 Å². The summed E-state index contributed by atoms with van der Waals surface area (Å²) in [5, 5.41) is 6.76. The largest absolute Gasteiger partial charge is 0.382 e. The van der Waals surface area contributed by atoms with Crippen LogP contribution in [-0.2, 0) is 9.47 Å². The van der Waals surface area contributed by atoms with Gasteiger partial charge in [0.15, 0.2) is 5.96 Å². The zero-order valence-corrected chi connectivity index (χ0v) is 17.4. The second-order valence-corrected chi connectivity index (χ2v) is 6.23. The highest BCUT2D eigenvalue weighted by molar-refractivity contribution is 14.0. The second-order valence-electron chi connectivity index (χ2n) is 6.23. The van der Waals surface area contributed by atoms with E-state index in [1.165, 1.54) is 44.9 Å². The number of rotatable bonds is 10. The van der Waals surface area contributed by atoms with E-state index in [1.807, 2.05) is 7.05 Å². The molecule has 1 aliphatic carbocycles. The second kappa shape index (κ2) is 15.4. The maximum atomic E-state index is 5.43. The molecule has 0 saturated heterocycles. The Kier molecular flexibility index (Phi) is 15.4. The molecule has 138 valence electrons. The Labute approximate surface area is 159 Å². The molecular weight excluding hydrogens is 405 g/mol. The summed E-state index contributed by atoms with van der Waals surface area (Å²) in [5.74, 6) is 1.81. The molecule has 1 unspecified atom stereocenters. The van der Waals surface area contributed by atoms with Crippen molar-refractivity contribution in [3.63, 3.8) is 0 Å². The van der Waals surface area contributed by atoms with E-state index in [2.05, 4.69) is 22.5 Å². The Balaban J connectivity index is 0.00000484. The van der Waals surface area contributed by atoms with Crippen LogP contribution < -0.4 is 10.6 Å². The molecule has 1 atom stereocenters. The van der Waals surface area contributed by atoms with E-state index in [0.717, 1.165) is 18.4 Å². The molecule has 0 radical (unpaired) electrons. The third-order valence-electron chi connectivity index (χ3n) is 4.31. The molecule has 0 bridgehead atoms. The van der Waals surface area contributed by atoms with Crippen LogP contribution in [-0.4, -0.2) is 52.5 Å². The van der Waals surface area contributed by atoms with E-state index >= 15 is 0 Å². The highest BCUT2D eigenvalue weighted by Crippen LogP contribution is 2.27. The fourth-order valence-corrected chi connectivity index (χ4v) is 2.95. The number of methoxy groups -OCH3 is 1. The molecule has 0 aromatic carbocycles. The van der Waals surface area contributed by atoms with Crippen LogP contribution in [0.3, 0.4) is 0 Å². The zero-order valence-electron chi connectivity index (χ0n) is 15.1. The molecule has 23 heavy (non-hydrogen) atoms. The Bertz CT molecular complexity index is 298. The van der Waals surface area contributed by atoms with Crippen LogP contribution in [0.25, 0.3) is 0 Å². The molecule has 0 amide bonds. The van der Waals surface area contributed by atoms with Gasteiger partial charge in [-0.15, -0.1) is 24.0 Å². The van der Waals surface area contributed by atoms with Gasteiger partial charge in [0, 0.05) is 26.7 Å². The number of hydrogen-bond acceptors (Lipinski definition) is 3. The monoisotopic (exact) mass is 441 g/mol. The fourth-order valence-electron chi connectivity index (χ4n) is 2.95. The molecule has 0 spiro atoms. The van der Waals surface area contributed by atoms with Crippen molar-refractivity contribution in [1.29, 1.82) is 0 Å². The predicted molar refractivity (Wildman–Crippen MR) is 108 cm³/mol. The van der Waals surface area contributed by atoms with E-state index in [9.17, 15) is 0 Å². The van der Waals surface area contributed by atoms with Gasteiger partial charge in [0.05, 0.1) is 19.8 Å². The minimum Gasteiger partial charge on any atom is -0.382 e. The highest BCUT2D eigenvalue weighted by atomic mass is 127. The first-order valence-electron chi connectivity index (χ1n) is 8.80. The first-order chi connectivity index (χ1) is 10.8. The predicted octanol–water partition coefficient (Wildman–Crippen LogP) is 3.18. The maximum Gasteiger partial charge on any atom is 0.191 e. The number of nitrogens with one attached hydrogen (secondary N) is 2. The van der Waals surface area contributed by atoms with Gasteiger partial charge < -0.3 is 20.1 Å². The number of hydrogen-bond donors (Lipinski definition) is 2. The average molecular weight is 441 g/mol. The highest BCUT2D eigenvalue weighted by Gasteiger charge is 2.14. The van der Waals surface area contributed by atoms with Gasteiger partial charge in [-0.05, 0) is 25.7 Å². The molecule has 0 aromatic heterocycles. The van der Waals surface area contributed by atoms with E-state index in [1.54, 1.807) is 7.11 Å². The van der Waals surface area contributed by atoms with Gasteiger partial charge in [-0.1, -0.05) is 32.1 Å². The minimum atomic E-state index is 0. The summed E-state index contributed by atoms with van der Waals surface area (Å²) in [4.78, 5) is 4.27. The average Bonchev–Trinajstić information content (AvgIpc) is 2.56. The third-order valence-corrected chi connectivity index (χ3v) is 4.31. The number of aliphatic imine (C=N–C) groups is 1. The van der Waals surface area contributed by atoms with Gasteiger partial charge in [-0.3, -0.25) is 4.99 Å². The Morgan fingerprint density at radius 2 is 1.91 bits per heavy atom. The van der Waals surface area contributed by atoms with Crippen LogP contribution >= 0.6 is 24.0 Å². The molecule has 0 heterocycles. The molecule has 0 aromatic rings. The van der Waals surface area contributed by atoms with Gasteiger partial charge in [-0.25, -0.2) is 0 Å². The summed E-state index contributed by atoms with van der Waals surface area (Å²) in [5.41, 5.74) is 0. The zero-order chi connectivity index (χ0) is 16.0. The molecule has 1 rings (SSSR count). The fraction of sp³-hybridized carbons (Fsp3) is 0.941. The molecule has 0 aliphatic heterocycles. The van der Waals surface area contributed by atoms with Crippen molar-refractivity contribution in [2.24, 2.45) is 10.9 Å². The normalized spacial score (nSPS) is 17.4. The smallest absolute Gasteiger partial charge is 0.191 e. The quantitative estimate of drug-likeness (QED) is 0.237. The van der Waals surface area contributed by atoms with Crippen LogP contribution in [0.4, 0.5) is 0 Å². The summed E-state index contributed by atoms with van der Waals surface area (Å²) < 4.78 is 10.4. The lowest BCUT2D eigenvalue weighted by Crippen LogP contribution is -2.43. The van der Waals surface area contributed by atoms with Gasteiger partial charge in [0.25, 0.3) is 0 Å². The number of halogens is 1. The Morgan fingerprint density at radius 3 is 2.57 bits per heavy atom.